The van der Waals surface area contributed by atoms with E-state index in [0.29, 0.717) is 5.56 Å². The Morgan fingerprint density at radius 2 is 1.70 bits per heavy atom. The second-order valence-electron chi connectivity index (χ2n) is 9.05. The molecule has 11 heteroatoms. The van der Waals surface area contributed by atoms with Crippen molar-refractivity contribution in [1.29, 1.82) is 0 Å². The Labute approximate surface area is 213 Å². The molecular weight excluding hydrogens is 499 g/mol. The van der Waals surface area contributed by atoms with Gasteiger partial charge in [0.2, 0.25) is 0 Å². The van der Waals surface area contributed by atoms with E-state index in [9.17, 15) is 19.3 Å². The summed E-state index contributed by atoms with van der Waals surface area (Å²) in [7, 11) is -2.25. The van der Waals surface area contributed by atoms with Gasteiger partial charge in [0, 0.05) is 31.0 Å². The summed E-state index contributed by atoms with van der Waals surface area (Å²) >= 11 is 0. The molecule has 0 amide bonds. The molecule has 0 radical (unpaired) electrons. The number of esters is 1. The monoisotopic (exact) mass is 526 g/mol. The third-order valence-corrected chi connectivity index (χ3v) is 7.36. The van der Waals surface area contributed by atoms with Crippen LogP contribution in [-0.2, 0) is 23.3 Å². The van der Waals surface area contributed by atoms with Crippen molar-refractivity contribution in [3.63, 3.8) is 0 Å². The van der Waals surface area contributed by atoms with Gasteiger partial charge in [0.1, 0.15) is 18.4 Å². The molecule has 0 spiro atoms. The average Bonchev–Trinajstić information content (AvgIpc) is 3.42. The van der Waals surface area contributed by atoms with E-state index >= 15 is 0 Å². The molecule has 0 bridgehead atoms. The molecule has 10 nitrogen and oxygen atoms in total. The summed E-state index contributed by atoms with van der Waals surface area (Å²) in [6, 6.07) is 16.2. The number of aromatic nitrogens is 2. The van der Waals surface area contributed by atoms with Gasteiger partial charge < -0.3 is 23.4 Å². The van der Waals surface area contributed by atoms with E-state index in [2.05, 4.69) is 29.2 Å². The summed E-state index contributed by atoms with van der Waals surface area (Å²) in [5.41, 5.74) is 3.79. The molecule has 2 heterocycles. The molecule has 2 aliphatic rings. The van der Waals surface area contributed by atoms with Crippen LogP contribution in [0.15, 0.2) is 64.3 Å². The van der Waals surface area contributed by atoms with Crippen molar-refractivity contribution in [1.82, 2.24) is 9.55 Å². The number of aromatic amines is 1. The van der Waals surface area contributed by atoms with E-state index in [1.165, 1.54) is 17.7 Å². The van der Waals surface area contributed by atoms with Crippen molar-refractivity contribution in [3.8, 4) is 11.1 Å². The molecule has 2 aromatic carbocycles. The quantitative estimate of drug-likeness (QED) is 0.338. The average molecular weight is 526 g/mol. The molecule has 1 aliphatic heterocycles. The third-order valence-electron chi connectivity index (χ3n) is 6.62. The third kappa shape index (κ3) is 5.30. The maximum atomic E-state index is 12.3. The number of carbonyl (C=O) groups is 1. The molecule has 4 atom stereocenters. The lowest BCUT2D eigenvalue weighted by atomic mass is 9.98. The fourth-order valence-electron chi connectivity index (χ4n) is 4.91. The number of benzene rings is 2. The number of nitrogens with one attached hydrogen (secondary N) is 1. The predicted molar refractivity (Wildman–Crippen MR) is 135 cm³/mol. The predicted octanol–water partition coefficient (Wildman–Crippen LogP) is 3.13. The van der Waals surface area contributed by atoms with E-state index in [-0.39, 0.29) is 25.6 Å². The smallest absolute Gasteiger partial charge is 0.330 e. The largest absolute Gasteiger partial charge is 0.460 e. The van der Waals surface area contributed by atoms with E-state index in [1.807, 2.05) is 24.3 Å². The number of nitrogens with zero attached hydrogens (tertiary/aromatic N) is 1. The van der Waals surface area contributed by atoms with Crippen molar-refractivity contribution in [2.24, 2.45) is 0 Å². The number of aryl methyl sites for hydroxylation is 1. The lowest BCUT2D eigenvalue weighted by molar-refractivity contribution is -0.150. The zero-order valence-corrected chi connectivity index (χ0v) is 21.2. The topological polar surface area (TPSA) is 129 Å². The highest BCUT2D eigenvalue weighted by Gasteiger charge is 2.40. The van der Waals surface area contributed by atoms with Gasteiger partial charge >= 0.3 is 20.3 Å². The molecule has 1 aromatic heterocycles. The Morgan fingerprint density at radius 3 is 2.35 bits per heavy atom. The van der Waals surface area contributed by atoms with Crippen molar-refractivity contribution < 1.29 is 28.2 Å². The van der Waals surface area contributed by atoms with Gasteiger partial charge in [-0.15, -0.1) is 0 Å². The van der Waals surface area contributed by atoms with E-state index in [1.54, 1.807) is 6.92 Å². The molecule has 1 saturated heterocycles. The molecule has 0 saturated carbocycles. The second kappa shape index (κ2) is 10.7. The first kappa shape index (κ1) is 25.5. The number of rotatable bonds is 8. The fraction of sp³-hybridized carbons (Fsp3) is 0.346. The molecule has 1 aliphatic carbocycles. The second-order valence-corrected chi connectivity index (χ2v) is 10.0. The molecule has 1 fully saturated rings. The minimum absolute atomic E-state index is 0.0376. The van der Waals surface area contributed by atoms with Crippen LogP contribution in [0.1, 0.15) is 42.2 Å². The highest BCUT2D eigenvalue weighted by Crippen LogP contribution is 2.46. The van der Waals surface area contributed by atoms with Gasteiger partial charge in [-0.05, 0) is 29.2 Å². The molecular formula is C26H27N2O8P. The first-order valence-corrected chi connectivity index (χ1v) is 13.0. The highest BCUT2D eigenvalue weighted by molar-refractivity contribution is 7.40. The maximum absolute atomic E-state index is 12.3. The number of ether oxygens (including phenoxy) is 2. The number of H-pyrrole nitrogens is 1. The van der Waals surface area contributed by atoms with Crippen molar-refractivity contribution in [2.45, 2.75) is 44.6 Å². The van der Waals surface area contributed by atoms with Gasteiger partial charge in [-0.2, -0.15) is 0 Å². The van der Waals surface area contributed by atoms with Gasteiger partial charge in [-0.1, -0.05) is 48.5 Å². The zero-order chi connectivity index (χ0) is 26.1. The fourth-order valence-corrected chi connectivity index (χ4v) is 5.54. The van der Waals surface area contributed by atoms with Crippen LogP contribution in [-0.4, -0.2) is 45.8 Å². The summed E-state index contributed by atoms with van der Waals surface area (Å²) in [5.74, 6) is -0.547. The first-order chi connectivity index (χ1) is 17.8. The normalized spacial score (nSPS) is 21.4. The van der Waals surface area contributed by atoms with Crippen LogP contribution in [0.3, 0.4) is 0 Å². The van der Waals surface area contributed by atoms with Crippen molar-refractivity contribution >= 4 is 14.6 Å². The van der Waals surface area contributed by atoms with E-state index in [4.69, 9.17) is 18.5 Å². The SMILES string of the molecule is CC(=O)O[C@H]1C[C@H](n2cc(C)c(=O)[nH]c2=O)O[C@@H]1COP(O)OCC1c2ccccc2-c2ccccc21. The Morgan fingerprint density at radius 1 is 1.08 bits per heavy atom. The highest BCUT2D eigenvalue weighted by atomic mass is 31.2. The van der Waals surface area contributed by atoms with Crippen LogP contribution >= 0.6 is 8.60 Å². The number of carbonyl (C=O) groups excluding carboxylic acids is 1. The van der Waals surface area contributed by atoms with Crippen molar-refractivity contribution in [2.75, 3.05) is 13.2 Å². The summed E-state index contributed by atoms with van der Waals surface area (Å²) < 4.78 is 23.8. The summed E-state index contributed by atoms with van der Waals surface area (Å²) in [5, 5.41) is 0. The van der Waals surface area contributed by atoms with Crippen LogP contribution in [0.2, 0.25) is 0 Å². The molecule has 2 N–H and O–H groups in total. The van der Waals surface area contributed by atoms with E-state index < -0.39 is 44.3 Å². The molecule has 37 heavy (non-hydrogen) atoms. The van der Waals surface area contributed by atoms with Crippen molar-refractivity contribution in [3.05, 3.63) is 92.3 Å². The minimum Gasteiger partial charge on any atom is -0.460 e. The maximum Gasteiger partial charge on any atom is 0.330 e. The molecule has 194 valence electrons. The van der Waals surface area contributed by atoms with Crippen LogP contribution in [0.4, 0.5) is 0 Å². The Balaban J connectivity index is 1.23. The standard InChI is InChI=1S/C26H27N2O8P/c1-15-12-28(26(31)27-25(15)30)24-11-22(35-16(2)29)23(36-24)14-34-37(32)33-13-21-19-9-5-3-7-17(19)18-8-4-6-10-20(18)21/h3-10,12,21-24,32H,11,13-14H2,1-2H3,(H,27,30,31)/t22-,23+,24+,37?/m0/s1. The lowest BCUT2D eigenvalue weighted by Gasteiger charge is -2.20. The number of hydrogen-bond acceptors (Lipinski definition) is 8. The summed E-state index contributed by atoms with van der Waals surface area (Å²) in [4.78, 5) is 48.4. The summed E-state index contributed by atoms with van der Waals surface area (Å²) in [6.45, 7) is 2.96. The zero-order valence-electron chi connectivity index (χ0n) is 20.3. The number of hydrogen-bond donors (Lipinski definition) is 2. The first-order valence-electron chi connectivity index (χ1n) is 11.9. The Bertz CT molecular complexity index is 1370. The van der Waals surface area contributed by atoms with Gasteiger partial charge in [0.15, 0.2) is 0 Å². The molecule has 3 aromatic rings. The van der Waals surface area contributed by atoms with Crippen LogP contribution in [0.25, 0.3) is 11.1 Å². The van der Waals surface area contributed by atoms with Gasteiger partial charge in [-0.3, -0.25) is 19.1 Å². The van der Waals surface area contributed by atoms with Gasteiger partial charge in [-0.25, -0.2) is 4.79 Å². The Kier molecular flexibility index (Phi) is 7.37. The van der Waals surface area contributed by atoms with Crippen LogP contribution < -0.4 is 11.2 Å². The minimum atomic E-state index is -2.25. The summed E-state index contributed by atoms with van der Waals surface area (Å²) in [6.07, 6.45) is -0.656. The lowest BCUT2D eigenvalue weighted by Crippen LogP contribution is -2.33. The number of fused-ring (bicyclic) bond motifs is 3. The van der Waals surface area contributed by atoms with Crippen LogP contribution in [0, 0.1) is 6.92 Å². The Hall–Kier alpha value is -3.14. The van der Waals surface area contributed by atoms with Crippen LogP contribution in [0.5, 0.6) is 0 Å². The molecule has 5 rings (SSSR count). The van der Waals surface area contributed by atoms with Gasteiger partial charge in [0.05, 0.1) is 13.2 Å². The van der Waals surface area contributed by atoms with E-state index in [0.717, 1.165) is 22.3 Å². The van der Waals surface area contributed by atoms with Gasteiger partial charge in [0.25, 0.3) is 5.56 Å². The molecule has 1 unspecified atom stereocenters.